The molecule has 24 heteroatoms. The quantitative estimate of drug-likeness (QED) is 0.0609. The molecular weight excluding hydrogens is 662 g/mol. The molecule has 2 saturated heterocycles. The van der Waals surface area contributed by atoms with Crippen molar-refractivity contribution in [3.63, 3.8) is 0 Å². The number of aliphatic hydroxyl groups is 5. The molecule has 0 saturated carbocycles. The molecule has 0 radical (unpaired) electrons. The van der Waals surface area contributed by atoms with Crippen molar-refractivity contribution >= 4 is 21.6 Å². The molecule has 2 aliphatic rings. The first-order valence-electron chi connectivity index (χ1n) is 11.9. The van der Waals surface area contributed by atoms with E-state index in [-0.39, 0.29) is 72.0 Å². The Balaban J connectivity index is 0.00000484. The molecule has 1 amide bonds. The van der Waals surface area contributed by atoms with E-state index in [0.29, 0.717) is 4.57 Å². The molecule has 3 rings (SSSR count). The molecule has 0 aromatic carbocycles. The number of H-pyrrole nitrogens is 1. The van der Waals surface area contributed by atoms with Crippen LogP contribution in [0.2, 0.25) is 0 Å². The van der Waals surface area contributed by atoms with Gasteiger partial charge in [-0.25, -0.2) is 9.11 Å². The predicted molar refractivity (Wildman–Crippen MR) is 128 cm³/mol. The van der Waals surface area contributed by atoms with Gasteiger partial charge < -0.3 is 54.6 Å². The molecule has 3 heterocycles. The summed E-state index contributed by atoms with van der Waals surface area (Å²) in [6, 6.07) is -0.909. The molecule has 20 nitrogen and oxygen atoms in total. The molecule has 0 bridgehead atoms. The first kappa shape index (κ1) is 41.7. The predicted octanol–water partition coefficient (Wildman–Crippen LogP) is -11.5. The molecule has 236 valence electrons. The van der Waals surface area contributed by atoms with Crippen LogP contribution < -0.4 is 85.5 Å². The number of rotatable bonds is 12. The first-order chi connectivity index (χ1) is 19.6. The topological polar surface area (TPSA) is 312 Å². The second-order valence-electron chi connectivity index (χ2n) is 8.95. The third-order valence-corrected chi connectivity index (χ3v) is 8.53. The molecule has 44 heavy (non-hydrogen) atoms. The van der Waals surface area contributed by atoms with Crippen LogP contribution in [0.3, 0.4) is 0 Å². The molecule has 2 fully saturated rings. The average Bonchev–Trinajstić information content (AvgIpc) is 3.18. The minimum Gasteiger partial charge on any atom is -0.756 e. The van der Waals surface area contributed by atoms with Gasteiger partial charge in [0.25, 0.3) is 21.2 Å². The van der Waals surface area contributed by atoms with Gasteiger partial charge in [0.05, 0.1) is 13.2 Å². The van der Waals surface area contributed by atoms with Crippen LogP contribution in [0, 0.1) is 12.3 Å². The number of terminal acetylenes is 1. The Morgan fingerprint density at radius 1 is 1.07 bits per heavy atom. The first-order valence-corrected chi connectivity index (χ1v) is 14.9. The summed E-state index contributed by atoms with van der Waals surface area (Å²) in [6.07, 6.45) is -8.93. The Morgan fingerprint density at radius 2 is 1.70 bits per heavy atom. The summed E-state index contributed by atoms with van der Waals surface area (Å²) in [5.41, 5.74) is -1.80. The maximum Gasteiger partial charge on any atom is 1.00 e. The number of hydrogen-bond acceptors (Lipinski definition) is 17. The normalized spacial score (nSPS) is 32.6. The number of amides is 1. The Hall–Kier alpha value is -0.310. The molecule has 3 unspecified atom stereocenters. The van der Waals surface area contributed by atoms with E-state index < -0.39 is 101 Å². The largest absolute Gasteiger partial charge is 1.00 e. The van der Waals surface area contributed by atoms with Crippen molar-refractivity contribution in [2.45, 2.75) is 68.0 Å². The third kappa shape index (κ3) is 10.9. The van der Waals surface area contributed by atoms with Crippen molar-refractivity contribution in [1.29, 1.82) is 0 Å². The standard InChI is InChI=1S/C20H29N3O17P2.2Na/c1-2-3-4-11(25)21-13-16(29)14(27)9(7-24)38-19(13)39-42(34,35)40-41(32,33)36-8-10-15(28)17(30)18(37-10)23-6-5-12(26)22-20(23)31;;/h1,5-6,9-10,13-19,24,27-30H,3-4,7-8H2,(H,21,25)(H,32,33)(H,34,35)(H,22,26,31);;/q;2*+1/p-2/t9-,10-,13-,14+,15+,16-,17?,18-,19-;;/m1../s1. The third-order valence-electron chi connectivity index (χ3n) is 6.00. The van der Waals surface area contributed by atoms with Gasteiger partial charge in [-0.05, 0) is 0 Å². The smallest absolute Gasteiger partial charge is 0.756 e. The molecule has 1 aromatic rings. The minimum absolute atomic E-state index is 0. The molecule has 0 spiro atoms. The van der Waals surface area contributed by atoms with Crippen LogP contribution in [0.1, 0.15) is 19.1 Å². The van der Waals surface area contributed by atoms with E-state index in [1.165, 1.54) is 0 Å². The Labute approximate surface area is 292 Å². The number of aromatic amines is 1. The molecule has 11 atom stereocenters. The summed E-state index contributed by atoms with van der Waals surface area (Å²) in [6.45, 7) is -2.09. The van der Waals surface area contributed by atoms with E-state index in [2.05, 4.69) is 24.6 Å². The van der Waals surface area contributed by atoms with Crippen molar-refractivity contribution in [3.05, 3.63) is 33.1 Å². The van der Waals surface area contributed by atoms with E-state index >= 15 is 0 Å². The monoisotopic (exact) mass is 689 g/mol. The molecular formula is C20H27N3Na2O17P2. The van der Waals surface area contributed by atoms with Crippen LogP contribution in [0.4, 0.5) is 0 Å². The van der Waals surface area contributed by atoms with Gasteiger partial charge in [0.2, 0.25) is 5.91 Å². The van der Waals surface area contributed by atoms with Crippen LogP contribution in [-0.2, 0) is 36.8 Å². The van der Waals surface area contributed by atoms with Gasteiger partial charge in [0, 0.05) is 25.1 Å². The summed E-state index contributed by atoms with van der Waals surface area (Å²) in [7, 11) is -11.9. The van der Waals surface area contributed by atoms with Crippen LogP contribution in [0.25, 0.3) is 0 Å². The fourth-order valence-electron chi connectivity index (χ4n) is 3.95. The van der Waals surface area contributed by atoms with Crippen LogP contribution in [-0.4, -0.2) is 103 Å². The fourth-order valence-corrected chi connectivity index (χ4v) is 6.04. The van der Waals surface area contributed by atoms with Crippen LogP contribution in [0.5, 0.6) is 0 Å². The second-order valence-corrected chi connectivity index (χ2v) is 11.9. The van der Waals surface area contributed by atoms with Crippen molar-refractivity contribution in [2.75, 3.05) is 13.2 Å². The zero-order valence-electron chi connectivity index (χ0n) is 23.2. The number of nitrogens with zero attached hydrogens (tertiary/aromatic N) is 1. The van der Waals surface area contributed by atoms with Crippen molar-refractivity contribution in [2.24, 2.45) is 0 Å². The molecule has 7 N–H and O–H groups in total. The fraction of sp³-hybridized carbons (Fsp3) is 0.650. The Morgan fingerprint density at radius 3 is 2.30 bits per heavy atom. The summed E-state index contributed by atoms with van der Waals surface area (Å²) < 4.78 is 48.7. The summed E-state index contributed by atoms with van der Waals surface area (Å²) in [5, 5.41) is 52.3. The molecule has 0 aliphatic carbocycles. The van der Waals surface area contributed by atoms with E-state index in [4.69, 9.17) is 15.9 Å². The number of nitrogens with one attached hydrogen (secondary N) is 2. The SMILES string of the molecule is C#CCCC(=O)N[C@H]1[C@@H](OP(=O)([O-])OP(=O)([O-])OC[C@H]2O[C@@H](n3ccc(=O)[nH]c3=O)C(O)[C@H]2O)O[C@H](CO)[C@H](O)[C@@H]1O.[Na+].[Na+]. The van der Waals surface area contributed by atoms with Gasteiger partial charge in [-0.3, -0.25) is 32.8 Å². The molecule has 2 aliphatic heterocycles. The van der Waals surface area contributed by atoms with Gasteiger partial charge in [0.15, 0.2) is 12.5 Å². The van der Waals surface area contributed by atoms with Gasteiger partial charge >= 0.3 is 64.8 Å². The van der Waals surface area contributed by atoms with Crippen LogP contribution >= 0.6 is 15.6 Å². The Kier molecular flexibility index (Phi) is 16.8. The maximum absolute atomic E-state index is 12.4. The van der Waals surface area contributed by atoms with Crippen molar-refractivity contribution < 1.29 is 131 Å². The van der Waals surface area contributed by atoms with Gasteiger partial charge in [-0.15, -0.1) is 12.3 Å². The number of aromatic nitrogens is 2. The Bertz CT molecular complexity index is 1370. The van der Waals surface area contributed by atoms with E-state index in [1.807, 2.05) is 4.98 Å². The number of phosphoric acid groups is 2. The second kappa shape index (κ2) is 17.7. The minimum atomic E-state index is -5.99. The number of aliphatic hydroxyl groups excluding tert-OH is 5. The summed E-state index contributed by atoms with van der Waals surface area (Å²) >= 11 is 0. The van der Waals surface area contributed by atoms with E-state index in [1.54, 1.807) is 0 Å². The van der Waals surface area contributed by atoms with Crippen molar-refractivity contribution in [3.8, 4) is 12.3 Å². The van der Waals surface area contributed by atoms with Crippen LogP contribution in [0.15, 0.2) is 21.9 Å². The number of hydrogen-bond donors (Lipinski definition) is 7. The number of carbonyl (C=O) groups excluding carboxylic acids is 1. The van der Waals surface area contributed by atoms with Gasteiger partial charge in [-0.2, -0.15) is 0 Å². The van der Waals surface area contributed by atoms with Crippen molar-refractivity contribution in [1.82, 2.24) is 14.9 Å². The number of carbonyl (C=O) groups is 1. The summed E-state index contributed by atoms with van der Waals surface area (Å²) in [4.78, 5) is 61.9. The van der Waals surface area contributed by atoms with Gasteiger partial charge in [-0.1, -0.05) is 0 Å². The summed E-state index contributed by atoms with van der Waals surface area (Å²) in [5.74, 6) is 1.34. The zero-order valence-corrected chi connectivity index (χ0v) is 29.0. The zero-order chi connectivity index (χ0) is 31.4. The molecule has 1 aromatic heterocycles. The van der Waals surface area contributed by atoms with Gasteiger partial charge in [0.1, 0.15) is 42.7 Å². The maximum atomic E-state index is 12.4. The van der Waals surface area contributed by atoms with E-state index in [9.17, 15) is 58.8 Å². The average molecular weight is 689 g/mol. The number of phosphoric ester groups is 2. The number of ether oxygens (including phenoxy) is 2. The van der Waals surface area contributed by atoms with E-state index in [0.717, 1.165) is 12.3 Å².